The van der Waals surface area contributed by atoms with E-state index in [-0.39, 0.29) is 18.4 Å². The third-order valence-corrected chi connectivity index (χ3v) is 6.07. The second-order valence-corrected chi connectivity index (χ2v) is 8.63. The largest absolute Gasteiger partial charge is 0.484 e. The molecule has 2 aromatic rings. The molecule has 0 aliphatic carbocycles. The van der Waals surface area contributed by atoms with Crippen LogP contribution in [0.5, 0.6) is 5.75 Å². The molecule has 0 radical (unpaired) electrons. The first-order valence-corrected chi connectivity index (χ1v) is 11.7. The average Bonchev–Trinajstić information content (AvgIpc) is 2.75. The molecule has 1 N–H and O–H groups in total. The van der Waals surface area contributed by atoms with Gasteiger partial charge in [-0.15, -0.1) is 0 Å². The molecule has 1 atom stereocenters. The number of hydrogen-bond acceptors (Lipinski definition) is 3. The van der Waals surface area contributed by atoms with E-state index in [0.717, 1.165) is 34.0 Å². The number of carbonyl (C=O) groups excluding carboxylic acids is 2. The van der Waals surface area contributed by atoms with Crippen molar-refractivity contribution in [3.63, 3.8) is 0 Å². The zero-order chi connectivity index (χ0) is 22.8. The Labute approximate surface area is 194 Å². The zero-order valence-corrected chi connectivity index (χ0v) is 20.5. The van der Waals surface area contributed by atoms with Gasteiger partial charge in [0.1, 0.15) is 11.8 Å². The number of halogens is 1. The number of hydrogen-bond donors (Lipinski definition) is 1. The fourth-order valence-electron chi connectivity index (χ4n) is 3.25. The van der Waals surface area contributed by atoms with Crippen molar-refractivity contribution in [2.75, 3.05) is 13.2 Å². The minimum absolute atomic E-state index is 0.115. The maximum absolute atomic E-state index is 13.2. The van der Waals surface area contributed by atoms with Crippen LogP contribution in [0.2, 0.25) is 0 Å². The van der Waals surface area contributed by atoms with Gasteiger partial charge >= 0.3 is 0 Å². The number of nitrogens with zero attached hydrogens (tertiary/aromatic N) is 1. The molecule has 2 aromatic carbocycles. The van der Waals surface area contributed by atoms with Crippen LogP contribution in [0.3, 0.4) is 0 Å². The van der Waals surface area contributed by atoms with Crippen LogP contribution < -0.4 is 10.1 Å². The third-order valence-electron chi connectivity index (χ3n) is 5.18. The standard InChI is InChI=1S/C25H33BrN2O3/c1-5-7-14-27-25(30)23(6-2)28(16-20-10-8-18(3)9-11-20)24(29)17-31-21-12-13-22(26)19(4)15-21/h8-13,15,23H,5-7,14,16-17H2,1-4H3,(H,27,30). The Hall–Kier alpha value is -2.34. The quantitative estimate of drug-likeness (QED) is 0.443. The molecule has 31 heavy (non-hydrogen) atoms. The Kier molecular flexibility index (Phi) is 10.0. The van der Waals surface area contributed by atoms with E-state index < -0.39 is 6.04 Å². The molecule has 5 nitrogen and oxygen atoms in total. The lowest BCUT2D eigenvalue weighted by molar-refractivity contribution is -0.143. The maximum Gasteiger partial charge on any atom is 0.261 e. The molecule has 6 heteroatoms. The van der Waals surface area contributed by atoms with Gasteiger partial charge in [0.2, 0.25) is 5.91 Å². The summed E-state index contributed by atoms with van der Waals surface area (Å²) in [6, 6.07) is 13.1. The molecule has 2 amide bonds. The summed E-state index contributed by atoms with van der Waals surface area (Å²) in [6.07, 6.45) is 2.45. The topological polar surface area (TPSA) is 58.6 Å². The number of amides is 2. The van der Waals surface area contributed by atoms with Crippen molar-refractivity contribution >= 4 is 27.7 Å². The zero-order valence-electron chi connectivity index (χ0n) is 18.9. The summed E-state index contributed by atoms with van der Waals surface area (Å²) < 4.78 is 6.76. The van der Waals surface area contributed by atoms with Gasteiger partial charge in [-0.3, -0.25) is 9.59 Å². The van der Waals surface area contributed by atoms with E-state index in [2.05, 4.69) is 28.2 Å². The minimum Gasteiger partial charge on any atom is -0.484 e. The summed E-state index contributed by atoms with van der Waals surface area (Å²) in [5.41, 5.74) is 3.17. The van der Waals surface area contributed by atoms with Crippen LogP contribution in [0.4, 0.5) is 0 Å². The van der Waals surface area contributed by atoms with E-state index in [1.54, 1.807) is 4.90 Å². The number of carbonyl (C=O) groups is 2. The van der Waals surface area contributed by atoms with Crippen molar-refractivity contribution < 1.29 is 14.3 Å². The summed E-state index contributed by atoms with van der Waals surface area (Å²) in [6.45, 7) is 8.86. The highest BCUT2D eigenvalue weighted by Crippen LogP contribution is 2.22. The van der Waals surface area contributed by atoms with E-state index in [4.69, 9.17) is 4.74 Å². The van der Waals surface area contributed by atoms with Crippen LogP contribution in [0.25, 0.3) is 0 Å². The second kappa shape index (κ2) is 12.5. The van der Waals surface area contributed by atoms with Crippen LogP contribution in [0, 0.1) is 13.8 Å². The van der Waals surface area contributed by atoms with Crippen LogP contribution in [-0.4, -0.2) is 35.9 Å². The van der Waals surface area contributed by atoms with Crippen LogP contribution in [0.1, 0.15) is 49.8 Å². The highest BCUT2D eigenvalue weighted by atomic mass is 79.9. The molecule has 0 spiro atoms. The average molecular weight is 489 g/mol. The van der Waals surface area contributed by atoms with Crippen molar-refractivity contribution in [3.05, 3.63) is 63.6 Å². The number of benzene rings is 2. The normalized spacial score (nSPS) is 11.6. The molecule has 0 fully saturated rings. The van der Waals surface area contributed by atoms with Crippen LogP contribution in [0.15, 0.2) is 46.9 Å². The van der Waals surface area contributed by atoms with Crippen molar-refractivity contribution in [1.29, 1.82) is 0 Å². The van der Waals surface area contributed by atoms with Gasteiger partial charge in [-0.05, 0) is 56.0 Å². The van der Waals surface area contributed by atoms with Gasteiger partial charge in [-0.25, -0.2) is 0 Å². The highest BCUT2D eigenvalue weighted by Gasteiger charge is 2.28. The van der Waals surface area contributed by atoms with E-state index in [1.807, 2.05) is 63.2 Å². The lowest BCUT2D eigenvalue weighted by Gasteiger charge is -2.30. The van der Waals surface area contributed by atoms with Gasteiger partial charge in [-0.1, -0.05) is 66.0 Å². The molecule has 0 saturated heterocycles. The van der Waals surface area contributed by atoms with E-state index in [0.29, 0.717) is 25.3 Å². The monoisotopic (exact) mass is 488 g/mol. The van der Waals surface area contributed by atoms with Gasteiger partial charge in [0.05, 0.1) is 0 Å². The molecule has 0 aliphatic rings. The number of nitrogens with one attached hydrogen (secondary N) is 1. The number of unbranched alkanes of at least 4 members (excludes halogenated alkanes) is 1. The summed E-state index contributed by atoms with van der Waals surface area (Å²) in [5, 5.41) is 2.97. The van der Waals surface area contributed by atoms with Gasteiger partial charge in [0.15, 0.2) is 6.61 Å². The Bertz CT molecular complexity index is 868. The second-order valence-electron chi connectivity index (χ2n) is 7.78. The smallest absolute Gasteiger partial charge is 0.261 e. The first-order valence-electron chi connectivity index (χ1n) is 10.9. The van der Waals surface area contributed by atoms with Crippen molar-refractivity contribution in [1.82, 2.24) is 10.2 Å². The Morgan fingerprint density at radius 2 is 1.81 bits per heavy atom. The summed E-state index contributed by atoms with van der Waals surface area (Å²) in [5.74, 6) is 0.305. The molecule has 0 aliphatic heterocycles. The number of rotatable bonds is 11. The van der Waals surface area contributed by atoms with Crippen molar-refractivity contribution in [3.8, 4) is 5.75 Å². The Morgan fingerprint density at radius 1 is 1.10 bits per heavy atom. The highest BCUT2D eigenvalue weighted by molar-refractivity contribution is 9.10. The molecule has 0 saturated carbocycles. The SMILES string of the molecule is CCCCNC(=O)C(CC)N(Cc1ccc(C)cc1)C(=O)COc1ccc(Br)c(C)c1. The summed E-state index contributed by atoms with van der Waals surface area (Å²) in [4.78, 5) is 27.7. The summed E-state index contributed by atoms with van der Waals surface area (Å²) >= 11 is 3.47. The number of aryl methyl sites for hydroxylation is 2. The molecule has 2 rings (SSSR count). The van der Waals surface area contributed by atoms with E-state index >= 15 is 0 Å². The molecule has 0 heterocycles. The lowest BCUT2D eigenvalue weighted by Crippen LogP contribution is -2.50. The predicted octanol–water partition coefficient (Wildman–Crippen LogP) is 5.17. The van der Waals surface area contributed by atoms with Crippen LogP contribution >= 0.6 is 15.9 Å². The number of ether oxygens (including phenoxy) is 1. The molecule has 1 unspecified atom stereocenters. The minimum atomic E-state index is -0.541. The molecular formula is C25H33BrN2O3. The van der Waals surface area contributed by atoms with Gasteiger partial charge in [-0.2, -0.15) is 0 Å². The maximum atomic E-state index is 13.2. The Morgan fingerprint density at radius 3 is 2.42 bits per heavy atom. The molecular weight excluding hydrogens is 456 g/mol. The first-order chi connectivity index (χ1) is 14.8. The van der Waals surface area contributed by atoms with Crippen molar-refractivity contribution in [2.45, 2.75) is 59.5 Å². The van der Waals surface area contributed by atoms with E-state index in [1.165, 1.54) is 0 Å². The van der Waals surface area contributed by atoms with Gasteiger partial charge in [0.25, 0.3) is 5.91 Å². The third kappa shape index (κ3) is 7.69. The lowest BCUT2D eigenvalue weighted by atomic mass is 10.1. The Balaban J connectivity index is 2.17. The predicted molar refractivity (Wildman–Crippen MR) is 128 cm³/mol. The molecule has 0 aromatic heterocycles. The summed E-state index contributed by atoms with van der Waals surface area (Å²) in [7, 11) is 0. The fraction of sp³-hybridized carbons (Fsp3) is 0.440. The van der Waals surface area contributed by atoms with Crippen LogP contribution in [-0.2, 0) is 16.1 Å². The van der Waals surface area contributed by atoms with Crippen molar-refractivity contribution in [2.24, 2.45) is 0 Å². The van der Waals surface area contributed by atoms with E-state index in [9.17, 15) is 9.59 Å². The molecule has 168 valence electrons. The first kappa shape index (κ1) is 24.9. The van der Waals surface area contributed by atoms with Gasteiger partial charge < -0.3 is 15.0 Å². The fourth-order valence-corrected chi connectivity index (χ4v) is 3.50. The van der Waals surface area contributed by atoms with Gasteiger partial charge in [0, 0.05) is 17.6 Å². The molecule has 0 bridgehead atoms.